The third-order valence-corrected chi connectivity index (χ3v) is 3.29. The number of ether oxygens (including phenoxy) is 1. The molecule has 2 nitrogen and oxygen atoms in total. The number of aryl methyl sites for hydroxylation is 2. The van der Waals surface area contributed by atoms with Crippen LogP contribution in [0.15, 0.2) is 24.3 Å². The first-order valence-electron chi connectivity index (χ1n) is 6.12. The molecule has 0 aliphatic carbocycles. The maximum absolute atomic E-state index is 13.4. The molecule has 1 unspecified atom stereocenters. The molecule has 0 aromatic heterocycles. The van der Waals surface area contributed by atoms with E-state index < -0.39 is 18.2 Å². The topological polar surface area (TPSA) is 29.5 Å². The molecule has 0 aliphatic heterocycles. The number of halogens is 3. The molecule has 0 saturated heterocycles. The third-order valence-electron chi connectivity index (χ3n) is 3.29. The van der Waals surface area contributed by atoms with Crippen LogP contribution in [0.3, 0.4) is 0 Å². The predicted molar refractivity (Wildman–Crippen MR) is 71.9 cm³/mol. The number of benzene rings is 1. The van der Waals surface area contributed by atoms with Crippen molar-refractivity contribution in [2.75, 3.05) is 7.11 Å². The van der Waals surface area contributed by atoms with E-state index in [1.54, 1.807) is 13.8 Å². The summed E-state index contributed by atoms with van der Waals surface area (Å²) in [6, 6.07) is 2.82. The van der Waals surface area contributed by atoms with E-state index >= 15 is 0 Å². The summed E-state index contributed by atoms with van der Waals surface area (Å²) < 4.78 is 45.1. The van der Waals surface area contributed by atoms with Gasteiger partial charge in [-0.05, 0) is 44.0 Å². The molecular weight excluding hydrogens is 269 g/mol. The van der Waals surface area contributed by atoms with Crippen molar-refractivity contribution in [2.24, 2.45) is 0 Å². The highest BCUT2D eigenvalue weighted by Gasteiger charge is 2.56. The molecule has 0 amide bonds. The minimum atomic E-state index is -4.82. The van der Waals surface area contributed by atoms with Gasteiger partial charge in [-0.2, -0.15) is 13.2 Å². The SMILES string of the molecule is C=C(C)CC(O)(c1cc(C)c(C)cc1OC)C(F)(F)F. The molecule has 0 aliphatic rings. The molecule has 0 spiro atoms. The van der Waals surface area contributed by atoms with Crippen LogP contribution in [0.4, 0.5) is 13.2 Å². The maximum Gasteiger partial charge on any atom is 0.421 e. The summed E-state index contributed by atoms with van der Waals surface area (Å²) in [4.78, 5) is 0. The van der Waals surface area contributed by atoms with Gasteiger partial charge in [-0.1, -0.05) is 5.57 Å². The van der Waals surface area contributed by atoms with Gasteiger partial charge in [0.1, 0.15) is 5.75 Å². The minimum absolute atomic E-state index is 0.0224. The lowest BCUT2D eigenvalue weighted by molar-refractivity contribution is -0.266. The molecule has 112 valence electrons. The van der Waals surface area contributed by atoms with Gasteiger partial charge in [-0.15, -0.1) is 6.58 Å². The monoisotopic (exact) mass is 288 g/mol. The largest absolute Gasteiger partial charge is 0.496 e. The van der Waals surface area contributed by atoms with Crippen LogP contribution in [0, 0.1) is 13.8 Å². The molecule has 1 atom stereocenters. The highest BCUT2D eigenvalue weighted by atomic mass is 19.4. The molecule has 1 N–H and O–H groups in total. The number of rotatable bonds is 4. The molecule has 20 heavy (non-hydrogen) atoms. The average molecular weight is 288 g/mol. The van der Waals surface area contributed by atoms with E-state index in [9.17, 15) is 18.3 Å². The third kappa shape index (κ3) is 2.98. The summed E-state index contributed by atoms with van der Waals surface area (Å²) in [5.74, 6) is 0.0224. The standard InChI is InChI=1S/C15H19F3O2/c1-9(2)8-14(19,15(16,17)18)12-6-10(3)11(4)7-13(12)20-5/h6-7,19H,1,8H2,2-5H3. The number of methoxy groups -OCH3 is 1. The van der Waals surface area contributed by atoms with E-state index in [1.807, 2.05) is 0 Å². The number of hydrogen-bond acceptors (Lipinski definition) is 2. The molecule has 0 radical (unpaired) electrons. The smallest absolute Gasteiger partial charge is 0.421 e. The molecule has 1 aromatic rings. The van der Waals surface area contributed by atoms with Crippen LogP contribution in [0.2, 0.25) is 0 Å². The van der Waals surface area contributed by atoms with Gasteiger partial charge in [0.2, 0.25) is 0 Å². The summed E-state index contributed by atoms with van der Waals surface area (Å²) >= 11 is 0. The van der Waals surface area contributed by atoms with Crippen molar-refractivity contribution in [1.82, 2.24) is 0 Å². The van der Waals surface area contributed by atoms with E-state index in [0.717, 1.165) is 5.56 Å². The van der Waals surface area contributed by atoms with Crippen LogP contribution in [0.25, 0.3) is 0 Å². The molecule has 5 heteroatoms. The summed E-state index contributed by atoms with van der Waals surface area (Å²) in [6.45, 7) is 8.38. The second-order valence-electron chi connectivity index (χ2n) is 5.13. The van der Waals surface area contributed by atoms with Crippen LogP contribution in [0.1, 0.15) is 30.0 Å². The van der Waals surface area contributed by atoms with Crippen LogP contribution in [-0.2, 0) is 5.60 Å². The van der Waals surface area contributed by atoms with Crippen molar-refractivity contribution in [3.8, 4) is 5.75 Å². The average Bonchev–Trinajstić information content (AvgIpc) is 2.29. The molecule has 1 rings (SSSR count). The fraction of sp³-hybridized carbons (Fsp3) is 0.467. The quantitative estimate of drug-likeness (QED) is 0.848. The first-order chi connectivity index (χ1) is 9.02. The van der Waals surface area contributed by atoms with Gasteiger partial charge in [-0.25, -0.2) is 0 Å². The van der Waals surface area contributed by atoms with Crippen molar-refractivity contribution in [1.29, 1.82) is 0 Å². The Morgan fingerprint density at radius 2 is 1.75 bits per heavy atom. The molecule has 0 bridgehead atoms. The fourth-order valence-electron chi connectivity index (χ4n) is 2.07. The van der Waals surface area contributed by atoms with Crippen molar-refractivity contribution in [3.63, 3.8) is 0 Å². The molecule has 0 fully saturated rings. The van der Waals surface area contributed by atoms with Gasteiger partial charge in [-0.3, -0.25) is 0 Å². The van der Waals surface area contributed by atoms with E-state index in [1.165, 1.54) is 26.2 Å². The lowest BCUT2D eigenvalue weighted by Gasteiger charge is -2.32. The summed E-state index contributed by atoms with van der Waals surface area (Å²) in [5, 5.41) is 10.3. The Labute approximate surface area is 116 Å². The summed E-state index contributed by atoms with van der Waals surface area (Å²) in [6.07, 6.45) is -5.42. The van der Waals surface area contributed by atoms with Gasteiger partial charge >= 0.3 is 6.18 Å². The molecule has 0 saturated carbocycles. The molecule has 0 heterocycles. The summed E-state index contributed by atoms with van der Waals surface area (Å²) in [5.41, 5.74) is -1.58. The van der Waals surface area contributed by atoms with Crippen molar-refractivity contribution in [2.45, 2.75) is 39.0 Å². The Bertz CT molecular complexity index is 521. The zero-order valence-corrected chi connectivity index (χ0v) is 12.1. The van der Waals surface area contributed by atoms with Gasteiger partial charge < -0.3 is 9.84 Å². The Hall–Kier alpha value is -1.49. The first-order valence-corrected chi connectivity index (χ1v) is 6.12. The maximum atomic E-state index is 13.4. The highest BCUT2D eigenvalue weighted by molar-refractivity contribution is 5.46. The van der Waals surface area contributed by atoms with Gasteiger partial charge in [0.05, 0.1) is 7.11 Å². The van der Waals surface area contributed by atoms with Crippen LogP contribution in [0.5, 0.6) is 5.75 Å². The lowest BCUT2D eigenvalue weighted by Crippen LogP contribution is -2.42. The second kappa shape index (κ2) is 5.48. The van der Waals surface area contributed by atoms with Crippen molar-refractivity contribution >= 4 is 0 Å². The second-order valence-corrected chi connectivity index (χ2v) is 5.13. The Morgan fingerprint density at radius 1 is 1.25 bits per heavy atom. The molecular formula is C15H19F3O2. The van der Waals surface area contributed by atoms with E-state index in [4.69, 9.17) is 4.74 Å². The van der Waals surface area contributed by atoms with Crippen molar-refractivity contribution < 1.29 is 23.0 Å². The zero-order chi connectivity index (χ0) is 15.7. The number of alkyl halides is 3. The predicted octanol–water partition coefficient (Wildman–Crippen LogP) is 4.03. The number of aliphatic hydroxyl groups is 1. The minimum Gasteiger partial charge on any atom is -0.496 e. The Balaban J connectivity index is 3.57. The van der Waals surface area contributed by atoms with E-state index in [-0.39, 0.29) is 16.9 Å². The van der Waals surface area contributed by atoms with Crippen LogP contribution in [-0.4, -0.2) is 18.4 Å². The normalized spacial score (nSPS) is 14.8. The summed E-state index contributed by atoms with van der Waals surface area (Å²) in [7, 11) is 1.28. The van der Waals surface area contributed by atoms with E-state index in [0.29, 0.717) is 5.56 Å². The Morgan fingerprint density at radius 3 is 2.15 bits per heavy atom. The fourth-order valence-corrected chi connectivity index (χ4v) is 2.07. The highest BCUT2D eigenvalue weighted by Crippen LogP contribution is 2.46. The van der Waals surface area contributed by atoms with E-state index in [2.05, 4.69) is 6.58 Å². The zero-order valence-electron chi connectivity index (χ0n) is 12.1. The van der Waals surface area contributed by atoms with Crippen LogP contribution < -0.4 is 4.74 Å². The number of hydrogen-bond donors (Lipinski definition) is 1. The van der Waals surface area contributed by atoms with Gasteiger partial charge in [0.25, 0.3) is 0 Å². The lowest BCUT2D eigenvalue weighted by atomic mass is 9.85. The van der Waals surface area contributed by atoms with Gasteiger partial charge in [0.15, 0.2) is 5.60 Å². The van der Waals surface area contributed by atoms with Crippen LogP contribution >= 0.6 is 0 Å². The Kier molecular flexibility index (Phi) is 4.54. The molecule has 1 aromatic carbocycles. The van der Waals surface area contributed by atoms with Gasteiger partial charge in [0, 0.05) is 12.0 Å². The first kappa shape index (κ1) is 16.6. The van der Waals surface area contributed by atoms with Crippen molar-refractivity contribution in [3.05, 3.63) is 41.0 Å².